The third kappa shape index (κ3) is 6.08. The molecule has 0 bridgehead atoms. The molecular formula is C34H41ClFN3O5. The SMILES string of the molecule is COc1cc(C(=O)N2CCC(C(C)N3CCC(C(N)=O)(c4ccccc4)C(c4ccc(F)cc4)C3)C2)cc(OC)c1OC.Cl. The second-order valence-corrected chi connectivity index (χ2v) is 11.5. The molecule has 0 saturated carbocycles. The van der Waals surface area contributed by atoms with Crippen LogP contribution < -0.4 is 19.9 Å². The number of hydrogen-bond donors (Lipinski definition) is 1. The van der Waals surface area contributed by atoms with Gasteiger partial charge in [0, 0.05) is 37.2 Å². The van der Waals surface area contributed by atoms with Crippen molar-refractivity contribution in [3.05, 3.63) is 89.2 Å². The molecule has 3 aromatic rings. The van der Waals surface area contributed by atoms with E-state index in [2.05, 4.69) is 11.8 Å². The summed E-state index contributed by atoms with van der Waals surface area (Å²) in [6.07, 6.45) is 1.40. The molecule has 2 amide bonds. The van der Waals surface area contributed by atoms with Crippen molar-refractivity contribution in [2.24, 2.45) is 11.7 Å². The molecule has 3 aromatic carbocycles. The first-order valence-corrected chi connectivity index (χ1v) is 14.7. The van der Waals surface area contributed by atoms with Gasteiger partial charge in [0.2, 0.25) is 11.7 Å². The Bertz CT molecular complexity index is 1430. The van der Waals surface area contributed by atoms with Crippen LogP contribution in [0.15, 0.2) is 66.7 Å². The molecule has 0 radical (unpaired) electrons. The minimum Gasteiger partial charge on any atom is -0.493 e. The van der Waals surface area contributed by atoms with Gasteiger partial charge in [-0.15, -0.1) is 12.4 Å². The molecular weight excluding hydrogens is 585 g/mol. The normalized spacial score (nSPS) is 22.5. The summed E-state index contributed by atoms with van der Waals surface area (Å²) < 4.78 is 30.2. The van der Waals surface area contributed by atoms with Gasteiger partial charge in [0.15, 0.2) is 11.5 Å². The number of nitrogens with zero attached hydrogens (tertiary/aromatic N) is 2. The van der Waals surface area contributed by atoms with Crippen LogP contribution in [0, 0.1) is 11.7 Å². The second kappa shape index (κ2) is 13.9. The standard InChI is InChI=1S/C34H40FN3O5.ClH/c1-22(24-14-16-38(20-24)32(39)25-18-29(41-2)31(43-4)30(19-25)42-3)37-17-15-34(33(36)40,26-8-6-5-7-9-26)28(21-37)23-10-12-27(35)13-11-23;/h5-13,18-19,22,24,28H,14-17,20-21H2,1-4H3,(H2,36,40);1H. The van der Waals surface area contributed by atoms with Gasteiger partial charge in [0.1, 0.15) is 5.82 Å². The highest BCUT2D eigenvalue weighted by Crippen LogP contribution is 2.46. The second-order valence-electron chi connectivity index (χ2n) is 11.5. The number of hydrogen-bond acceptors (Lipinski definition) is 6. The Morgan fingerprint density at radius 1 is 0.932 bits per heavy atom. The molecule has 2 saturated heterocycles. The molecule has 44 heavy (non-hydrogen) atoms. The third-order valence-corrected chi connectivity index (χ3v) is 9.49. The summed E-state index contributed by atoms with van der Waals surface area (Å²) in [7, 11) is 4.59. The highest BCUT2D eigenvalue weighted by Gasteiger charge is 2.51. The van der Waals surface area contributed by atoms with E-state index in [-0.39, 0.29) is 47.9 Å². The van der Waals surface area contributed by atoms with Crippen LogP contribution in [0.2, 0.25) is 0 Å². The first-order valence-electron chi connectivity index (χ1n) is 14.7. The average Bonchev–Trinajstić information content (AvgIpc) is 3.54. The van der Waals surface area contributed by atoms with Crippen molar-refractivity contribution >= 4 is 24.2 Å². The maximum absolute atomic E-state index is 13.9. The van der Waals surface area contributed by atoms with Crippen molar-refractivity contribution in [2.45, 2.75) is 37.1 Å². The van der Waals surface area contributed by atoms with E-state index >= 15 is 0 Å². The van der Waals surface area contributed by atoms with Crippen LogP contribution in [-0.4, -0.2) is 75.2 Å². The van der Waals surface area contributed by atoms with Gasteiger partial charge in [0.05, 0.1) is 26.7 Å². The van der Waals surface area contributed by atoms with E-state index in [1.165, 1.54) is 33.5 Å². The summed E-state index contributed by atoms with van der Waals surface area (Å²) in [6, 6.07) is 19.6. The summed E-state index contributed by atoms with van der Waals surface area (Å²) in [5.41, 5.74) is 7.52. The zero-order valence-electron chi connectivity index (χ0n) is 25.6. The number of halogens is 2. The molecule has 2 aliphatic rings. The quantitative estimate of drug-likeness (QED) is 0.358. The van der Waals surface area contributed by atoms with Crippen LogP contribution in [0.25, 0.3) is 0 Å². The van der Waals surface area contributed by atoms with Gasteiger partial charge in [-0.25, -0.2) is 4.39 Å². The van der Waals surface area contributed by atoms with Crippen LogP contribution in [0.4, 0.5) is 4.39 Å². The highest BCUT2D eigenvalue weighted by atomic mass is 35.5. The summed E-state index contributed by atoms with van der Waals surface area (Å²) in [6.45, 7) is 4.69. The smallest absolute Gasteiger partial charge is 0.254 e. The molecule has 8 nitrogen and oxygen atoms in total. The fourth-order valence-corrected chi connectivity index (χ4v) is 7.00. The lowest BCUT2D eigenvalue weighted by molar-refractivity contribution is -0.126. The monoisotopic (exact) mass is 625 g/mol. The lowest BCUT2D eigenvalue weighted by atomic mass is 9.62. The molecule has 236 valence electrons. The Balaban J connectivity index is 0.00000442. The number of benzene rings is 3. The summed E-state index contributed by atoms with van der Waals surface area (Å²) in [5.74, 6) is 0.503. The van der Waals surface area contributed by atoms with Gasteiger partial charge in [0.25, 0.3) is 5.91 Å². The fraction of sp³-hybridized carbons (Fsp3) is 0.412. The van der Waals surface area contributed by atoms with Crippen LogP contribution >= 0.6 is 12.4 Å². The summed E-state index contributed by atoms with van der Waals surface area (Å²) >= 11 is 0. The van der Waals surface area contributed by atoms with Crippen molar-refractivity contribution in [3.8, 4) is 17.2 Å². The maximum Gasteiger partial charge on any atom is 0.254 e. The molecule has 2 N–H and O–H groups in total. The topological polar surface area (TPSA) is 94.3 Å². The zero-order valence-corrected chi connectivity index (χ0v) is 26.4. The van der Waals surface area contributed by atoms with Gasteiger partial charge in [-0.05, 0) is 67.6 Å². The van der Waals surface area contributed by atoms with Crippen LogP contribution in [0.3, 0.4) is 0 Å². The van der Waals surface area contributed by atoms with Gasteiger partial charge < -0.3 is 24.8 Å². The number of amides is 2. The number of rotatable bonds is 9. The van der Waals surface area contributed by atoms with Gasteiger partial charge >= 0.3 is 0 Å². The Morgan fingerprint density at radius 3 is 2.14 bits per heavy atom. The number of methoxy groups -OCH3 is 3. The number of nitrogens with two attached hydrogens (primary N) is 1. The Labute approximate surface area is 264 Å². The minimum atomic E-state index is -0.917. The minimum absolute atomic E-state index is 0. The predicted octanol–water partition coefficient (Wildman–Crippen LogP) is 5.04. The molecule has 10 heteroatoms. The fourth-order valence-electron chi connectivity index (χ4n) is 7.00. The molecule has 0 spiro atoms. The maximum atomic E-state index is 13.9. The Kier molecular flexibility index (Phi) is 10.4. The van der Waals surface area contributed by atoms with Crippen molar-refractivity contribution in [3.63, 3.8) is 0 Å². The number of primary amides is 1. The van der Waals surface area contributed by atoms with Crippen LogP contribution in [0.5, 0.6) is 17.2 Å². The van der Waals surface area contributed by atoms with E-state index in [0.717, 1.165) is 17.5 Å². The van der Waals surface area contributed by atoms with E-state index in [0.29, 0.717) is 55.4 Å². The largest absolute Gasteiger partial charge is 0.493 e. The molecule has 2 fully saturated rings. The number of ether oxygens (including phenoxy) is 3. The number of carbonyl (C=O) groups excluding carboxylic acids is 2. The zero-order chi connectivity index (χ0) is 30.7. The first-order chi connectivity index (χ1) is 20.7. The molecule has 4 unspecified atom stereocenters. The van der Waals surface area contributed by atoms with Gasteiger partial charge in [-0.1, -0.05) is 42.5 Å². The Morgan fingerprint density at radius 2 is 1.57 bits per heavy atom. The van der Waals surface area contributed by atoms with Gasteiger partial charge in [-0.3, -0.25) is 14.5 Å². The highest BCUT2D eigenvalue weighted by molar-refractivity contribution is 5.96. The van der Waals surface area contributed by atoms with Crippen LogP contribution in [-0.2, 0) is 10.2 Å². The number of likely N-dealkylation sites (tertiary alicyclic amines) is 2. The lowest BCUT2D eigenvalue weighted by Gasteiger charge is -2.49. The number of piperidine rings is 1. The van der Waals surface area contributed by atoms with E-state index < -0.39 is 5.41 Å². The van der Waals surface area contributed by atoms with E-state index in [9.17, 15) is 14.0 Å². The molecule has 2 aliphatic heterocycles. The molecule has 4 atom stereocenters. The first kappa shape index (κ1) is 33.1. The Hall–Kier alpha value is -3.82. The summed E-state index contributed by atoms with van der Waals surface area (Å²) in [5, 5.41) is 0. The van der Waals surface area contributed by atoms with Crippen molar-refractivity contribution in [2.75, 3.05) is 47.5 Å². The summed E-state index contributed by atoms with van der Waals surface area (Å²) in [4.78, 5) is 31.2. The van der Waals surface area contributed by atoms with Crippen molar-refractivity contribution in [1.29, 1.82) is 0 Å². The molecule has 0 aliphatic carbocycles. The third-order valence-electron chi connectivity index (χ3n) is 9.49. The lowest BCUT2D eigenvalue weighted by Crippen LogP contribution is -2.57. The van der Waals surface area contributed by atoms with Gasteiger partial charge in [-0.2, -0.15) is 0 Å². The van der Waals surface area contributed by atoms with E-state index in [1.54, 1.807) is 24.3 Å². The molecule has 5 rings (SSSR count). The van der Waals surface area contributed by atoms with E-state index in [1.807, 2.05) is 35.2 Å². The van der Waals surface area contributed by atoms with E-state index in [4.69, 9.17) is 19.9 Å². The molecule has 2 heterocycles. The van der Waals surface area contributed by atoms with Crippen LogP contribution in [0.1, 0.15) is 47.2 Å². The predicted molar refractivity (Wildman–Crippen MR) is 169 cm³/mol. The van der Waals surface area contributed by atoms with Crippen molar-refractivity contribution in [1.82, 2.24) is 9.80 Å². The number of carbonyl (C=O) groups is 2. The van der Waals surface area contributed by atoms with Crippen molar-refractivity contribution < 1.29 is 28.2 Å². The molecule has 0 aromatic heterocycles. The average molecular weight is 626 g/mol.